The van der Waals surface area contributed by atoms with Crippen LogP contribution in [0.15, 0.2) is 54.6 Å². The van der Waals surface area contributed by atoms with Crippen LogP contribution in [0.5, 0.6) is 0 Å². The van der Waals surface area contributed by atoms with Crippen LogP contribution in [-0.2, 0) is 20.7 Å². The number of nitrogens with zero attached hydrogens (tertiary/aromatic N) is 1. The van der Waals surface area contributed by atoms with Gasteiger partial charge in [0.05, 0.1) is 0 Å². The maximum atomic E-state index is 12.9. The Hall–Kier alpha value is -3.20. The average Bonchev–Trinajstić information content (AvgIpc) is 3.26. The van der Waals surface area contributed by atoms with Crippen LogP contribution >= 0.6 is 7.60 Å². The van der Waals surface area contributed by atoms with Gasteiger partial charge >= 0.3 is 13.7 Å². The molecule has 0 radical (unpaired) electrons. The van der Waals surface area contributed by atoms with Gasteiger partial charge in [0.1, 0.15) is 18.5 Å². The zero-order valence-electron chi connectivity index (χ0n) is 17.2. The van der Waals surface area contributed by atoms with Gasteiger partial charge in [0.25, 0.3) is 0 Å². The zero-order valence-corrected chi connectivity index (χ0v) is 18.1. The van der Waals surface area contributed by atoms with Crippen molar-refractivity contribution in [3.63, 3.8) is 0 Å². The van der Waals surface area contributed by atoms with Crippen LogP contribution in [0.1, 0.15) is 35.3 Å². The van der Waals surface area contributed by atoms with Crippen LogP contribution in [0.25, 0.3) is 0 Å². The third-order valence-corrected chi connectivity index (χ3v) is 6.25. The number of amides is 2. The first-order valence-electron chi connectivity index (χ1n) is 9.94. The number of hydrogen-bond donors (Lipinski definition) is 5. The minimum Gasteiger partial charge on any atom is -0.445 e. The van der Waals surface area contributed by atoms with Gasteiger partial charge in [-0.1, -0.05) is 54.6 Å². The Morgan fingerprint density at radius 3 is 2.44 bits per heavy atom. The molecule has 1 aliphatic rings. The van der Waals surface area contributed by atoms with Crippen molar-refractivity contribution in [3.05, 3.63) is 71.3 Å². The molecule has 1 aliphatic heterocycles. The van der Waals surface area contributed by atoms with E-state index in [9.17, 15) is 23.9 Å². The summed E-state index contributed by atoms with van der Waals surface area (Å²) in [5.74, 6) is -2.47. The first-order chi connectivity index (χ1) is 15.2. The van der Waals surface area contributed by atoms with Crippen LogP contribution < -0.4 is 11.1 Å². The maximum Gasteiger partial charge on any atom is 0.410 e. The summed E-state index contributed by atoms with van der Waals surface area (Å²) >= 11 is 0. The molecule has 11 heteroatoms. The molecule has 1 heterocycles. The van der Waals surface area contributed by atoms with E-state index in [-0.39, 0.29) is 18.0 Å². The summed E-state index contributed by atoms with van der Waals surface area (Å²) in [6, 6.07) is 13.9. The molecule has 32 heavy (non-hydrogen) atoms. The Balaban J connectivity index is 1.70. The van der Waals surface area contributed by atoms with Crippen molar-refractivity contribution in [2.75, 3.05) is 6.54 Å². The Morgan fingerprint density at radius 2 is 1.84 bits per heavy atom. The van der Waals surface area contributed by atoms with Crippen molar-refractivity contribution in [3.8, 4) is 0 Å². The van der Waals surface area contributed by atoms with E-state index in [0.29, 0.717) is 24.9 Å². The Bertz CT molecular complexity index is 1020. The van der Waals surface area contributed by atoms with Crippen molar-refractivity contribution in [1.29, 1.82) is 5.41 Å². The number of nitrogens with two attached hydrogens (primary N) is 1. The van der Waals surface area contributed by atoms with Crippen LogP contribution in [0.4, 0.5) is 4.79 Å². The van der Waals surface area contributed by atoms with Gasteiger partial charge < -0.3 is 25.6 Å². The number of ether oxygens (including phenoxy) is 1. The average molecular weight is 460 g/mol. The van der Waals surface area contributed by atoms with Gasteiger partial charge in [0.15, 0.2) is 5.78 Å². The van der Waals surface area contributed by atoms with Gasteiger partial charge in [-0.2, -0.15) is 0 Å². The lowest BCUT2D eigenvalue weighted by molar-refractivity contribution is -0.125. The van der Waals surface area contributed by atoms with E-state index in [2.05, 4.69) is 5.32 Å². The molecule has 0 aromatic heterocycles. The zero-order chi connectivity index (χ0) is 23.3. The molecule has 1 saturated heterocycles. The van der Waals surface area contributed by atoms with Gasteiger partial charge in [0, 0.05) is 12.1 Å². The highest BCUT2D eigenvalue weighted by Gasteiger charge is 2.39. The van der Waals surface area contributed by atoms with E-state index in [1.54, 1.807) is 0 Å². The quantitative estimate of drug-likeness (QED) is 0.240. The lowest BCUT2D eigenvalue weighted by Gasteiger charge is -2.26. The lowest BCUT2D eigenvalue weighted by atomic mass is 10.1. The third-order valence-electron chi connectivity index (χ3n) is 5.15. The highest BCUT2D eigenvalue weighted by atomic mass is 31.2. The van der Waals surface area contributed by atoms with Crippen LogP contribution in [0, 0.1) is 5.41 Å². The first kappa shape index (κ1) is 23.5. The standard InChI is InChI=1S/C21H25N4O6P/c22-18(23)15-8-10-16(11-9-15)20(32(28,29)30)24-19(26)17-7-4-12-25(17)21(27)31-13-14-5-2-1-3-6-14/h1-3,5-6,8-11,17,20H,4,7,12-13H2,(H3,22,23)(H,24,26)(H2,28,29,30). The molecule has 0 spiro atoms. The number of amidine groups is 1. The summed E-state index contributed by atoms with van der Waals surface area (Å²) < 4.78 is 17.4. The monoisotopic (exact) mass is 460 g/mol. The van der Waals surface area contributed by atoms with E-state index in [4.69, 9.17) is 15.9 Å². The molecule has 0 saturated carbocycles. The minimum absolute atomic E-state index is 0.0537. The normalized spacial score (nSPS) is 16.9. The summed E-state index contributed by atoms with van der Waals surface area (Å²) in [4.78, 5) is 46.3. The van der Waals surface area contributed by atoms with Crippen molar-refractivity contribution in [2.45, 2.75) is 31.3 Å². The number of hydrogen-bond acceptors (Lipinski definition) is 5. The fourth-order valence-electron chi connectivity index (χ4n) is 3.50. The number of benzene rings is 2. The van der Waals surface area contributed by atoms with Gasteiger partial charge in [-0.15, -0.1) is 0 Å². The number of nitrogen functional groups attached to an aromatic ring is 1. The summed E-state index contributed by atoms with van der Waals surface area (Å²) in [5, 5.41) is 9.81. The Morgan fingerprint density at radius 1 is 1.19 bits per heavy atom. The molecular formula is C21H25N4O6P. The largest absolute Gasteiger partial charge is 0.445 e. The number of rotatable bonds is 7. The van der Waals surface area contributed by atoms with Gasteiger partial charge in [0.2, 0.25) is 5.91 Å². The van der Waals surface area contributed by atoms with E-state index in [1.807, 2.05) is 30.3 Å². The molecule has 170 valence electrons. The fraction of sp³-hybridized carbons (Fsp3) is 0.286. The number of nitrogens with one attached hydrogen (secondary N) is 2. The van der Waals surface area contributed by atoms with Gasteiger partial charge in [-0.25, -0.2) is 4.79 Å². The van der Waals surface area contributed by atoms with Crippen molar-refractivity contribution < 1.29 is 28.7 Å². The molecule has 3 rings (SSSR count). The van der Waals surface area contributed by atoms with Crippen LogP contribution in [-0.4, -0.2) is 45.1 Å². The molecule has 2 aromatic rings. The Kier molecular flexibility index (Phi) is 7.29. The van der Waals surface area contributed by atoms with Gasteiger partial charge in [-0.05, 0) is 24.0 Å². The molecule has 2 atom stereocenters. The highest BCUT2D eigenvalue weighted by molar-refractivity contribution is 7.52. The predicted octanol–water partition coefficient (Wildman–Crippen LogP) is 2.06. The molecule has 2 amide bonds. The van der Waals surface area contributed by atoms with Crippen LogP contribution in [0.3, 0.4) is 0 Å². The first-order valence-corrected chi connectivity index (χ1v) is 11.6. The summed E-state index contributed by atoms with van der Waals surface area (Å²) in [7, 11) is -4.78. The van der Waals surface area contributed by atoms with Crippen molar-refractivity contribution >= 4 is 25.4 Å². The smallest absolute Gasteiger partial charge is 0.410 e. The molecular weight excluding hydrogens is 435 g/mol. The highest BCUT2D eigenvalue weighted by Crippen LogP contribution is 2.50. The van der Waals surface area contributed by atoms with Crippen molar-refractivity contribution in [2.24, 2.45) is 5.73 Å². The molecule has 0 bridgehead atoms. The van der Waals surface area contributed by atoms with Crippen molar-refractivity contribution in [1.82, 2.24) is 10.2 Å². The molecule has 0 aliphatic carbocycles. The number of carbonyl (C=O) groups is 2. The minimum atomic E-state index is -4.78. The summed E-state index contributed by atoms with van der Waals surface area (Å²) in [6.07, 6.45) is 0.251. The second kappa shape index (κ2) is 9.95. The van der Waals surface area contributed by atoms with E-state index in [0.717, 1.165) is 5.56 Å². The SMILES string of the molecule is N=C(N)c1ccc(C(NC(=O)C2CCCN2C(=O)OCc2ccccc2)P(=O)(O)O)cc1. The summed E-state index contributed by atoms with van der Waals surface area (Å²) in [5.41, 5.74) is 6.75. The van der Waals surface area contributed by atoms with E-state index in [1.165, 1.54) is 29.2 Å². The maximum absolute atomic E-state index is 12.9. The van der Waals surface area contributed by atoms with Gasteiger partial charge in [-0.3, -0.25) is 19.7 Å². The lowest BCUT2D eigenvalue weighted by Crippen LogP contribution is -2.47. The second-order valence-electron chi connectivity index (χ2n) is 7.43. The molecule has 2 unspecified atom stereocenters. The summed E-state index contributed by atoms with van der Waals surface area (Å²) in [6.45, 7) is 0.359. The molecule has 10 nitrogen and oxygen atoms in total. The van der Waals surface area contributed by atoms with Crippen LogP contribution in [0.2, 0.25) is 0 Å². The van der Waals surface area contributed by atoms with E-state index >= 15 is 0 Å². The van der Waals surface area contributed by atoms with E-state index < -0.39 is 31.4 Å². The fourth-order valence-corrected chi connectivity index (χ4v) is 4.35. The Labute approximate surface area is 185 Å². The number of likely N-dealkylation sites (tertiary alicyclic amines) is 1. The predicted molar refractivity (Wildman–Crippen MR) is 117 cm³/mol. The molecule has 1 fully saturated rings. The second-order valence-corrected chi connectivity index (χ2v) is 9.12. The third kappa shape index (κ3) is 5.73. The number of carbonyl (C=O) groups excluding carboxylic acids is 2. The molecule has 6 N–H and O–H groups in total. The molecule has 2 aromatic carbocycles. The topological polar surface area (TPSA) is 166 Å².